The summed E-state index contributed by atoms with van der Waals surface area (Å²) in [6.45, 7) is 3.81. The Balaban J connectivity index is 1.80. The molecule has 1 aliphatic carbocycles. The van der Waals surface area contributed by atoms with Gasteiger partial charge in [0, 0.05) is 5.56 Å². The van der Waals surface area contributed by atoms with E-state index in [0.717, 1.165) is 57.8 Å². The van der Waals surface area contributed by atoms with Crippen molar-refractivity contribution in [2.24, 2.45) is 11.8 Å². The van der Waals surface area contributed by atoms with E-state index in [-0.39, 0.29) is 25.4 Å². The minimum atomic E-state index is -2.21. The van der Waals surface area contributed by atoms with Gasteiger partial charge in [0.05, 0.1) is 17.7 Å². The number of unbranched alkanes of at least 4 members (excludes halogenated alkanes) is 5. The number of benzene rings is 2. The molecule has 0 amide bonds. The molecule has 40 heavy (non-hydrogen) atoms. The van der Waals surface area contributed by atoms with Crippen molar-refractivity contribution < 1.29 is 39.9 Å². The van der Waals surface area contributed by atoms with Gasteiger partial charge in [-0.1, -0.05) is 84.5 Å². The van der Waals surface area contributed by atoms with E-state index in [0.29, 0.717) is 18.8 Å². The summed E-state index contributed by atoms with van der Waals surface area (Å²) in [7, 11) is 0. The summed E-state index contributed by atoms with van der Waals surface area (Å²) < 4.78 is 124. The van der Waals surface area contributed by atoms with Crippen molar-refractivity contribution in [1.29, 1.82) is 0 Å². The molecular weight excluding hydrogens is 540 g/mol. The average molecular weight is 579 g/mol. The van der Waals surface area contributed by atoms with Gasteiger partial charge in [-0.05, 0) is 31.1 Å². The van der Waals surface area contributed by atoms with E-state index < -0.39 is 69.0 Å². The second kappa shape index (κ2) is 15.1. The Bertz CT molecular complexity index is 1080. The summed E-state index contributed by atoms with van der Waals surface area (Å²) in [5, 5.41) is 0. The molecule has 1 nitrogen and oxygen atoms in total. The van der Waals surface area contributed by atoms with Crippen LogP contribution < -0.4 is 4.74 Å². The molecule has 0 saturated heterocycles. The van der Waals surface area contributed by atoms with Crippen LogP contribution in [0.4, 0.5) is 35.1 Å². The predicted octanol–water partition coefficient (Wildman–Crippen LogP) is 10.7. The Morgan fingerprint density at radius 3 is 1.48 bits per heavy atom. The normalized spacial score (nSPS) is 17.4. The van der Waals surface area contributed by atoms with E-state index in [9.17, 15) is 26.3 Å². The van der Waals surface area contributed by atoms with E-state index in [1.54, 1.807) is 0 Å². The van der Waals surface area contributed by atoms with E-state index in [1.807, 2.05) is 6.92 Å². The molecule has 1 saturated carbocycles. The van der Waals surface area contributed by atoms with Gasteiger partial charge in [0.2, 0.25) is 11.6 Å². The van der Waals surface area contributed by atoms with Gasteiger partial charge in [0.1, 0.15) is 0 Å². The third-order valence-electron chi connectivity index (χ3n) is 8.06. The molecule has 3 rings (SSSR count). The number of ether oxygens (including phenoxy) is 1. The Hall–Kier alpha value is -2.32. The van der Waals surface area contributed by atoms with Crippen molar-refractivity contribution in [2.75, 3.05) is 6.61 Å². The first-order chi connectivity index (χ1) is 19.1. The molecule has 2 aromatic carbocycles. The van der Waals surface area contributed by atoms with Gasteiger partial charge in [-0.25, -0.2) is 26.3 Å². The smallest absolute Gasteiger partial charge is 0.204 e. The van der Waals surface area contributed by atoms with Crippen molar-refractivity contribution in [3.63, 3.8) is 0 Å². The van der Waals surface area contributed by atoms with Crippen LogP contribution in [0.15, 0.2) is 0 Å². The van der Waals surface area contributed by atoms with Crippen molar-refractivity contribution >= 4 is 0 Å². The summed E-state index contributed by atoms with van der Waals surface area (Å²) in [5.41, 5.74) is -4.60. The molecule has 224 valence electrons. The lowest BCUT2D eigenvalue weighted by atomic mass is 9.77. The van der Waals surface area contributed by atoms with Crippen LogP contribution in [0.5, 0.6) is 5.75 Å². The summed E-state index contributed by atoms with van der Waals surface area (Å²) in [6.07, 6.45) is 10.9. The van der Waals surface area contributed by atoms with Gasteiger partial charge in [-0.3, -0.25) is 0 Å². The maximum Gasteiger partial charge on any atom is 0.204 e. The van der Waals surface area contributed by atoms with Crippen LogP contribution in [-0.2, 0) is 6.42 Å². The third kappa shape index (κ3) is 7.30. The molecule has 0 unspecified atom stereocenters. The summed E-state index contributed by atoms with van der Waals surface area (Å²) in [4.78, 5) is 0. The number of halogens is 8. The Morgan fingerprint density at radius 2 is 0.975 bits per heavy atom. The molecule has 1 fully saturated rings. The van der Waals surface area contributed by atoms with Crippen molar-refractivity contribution in [3.8, 4) is 16.9 Å². The van der Waals surface area contributed by atoms with E-state index >= 15 is 8.78 Å². The first-order valence-electron chi connectivity index (χ1n) is 14.5. The highest BCUT2D eigenvalue weighted by Gasteiger charge is 2.35. The van der Waals surface area contributed by atoms with Crippen molar-refractivity contribution in [1.82, 2.24) is 0 Å². The molecule has 0 bridgehead atoms. The Kier molecular flexibility index (Phi) is 12.1. The first kappa shape index (κ1) is 32.2. The zero-order valence-electron chi connectivity index (χ0n) is 23.2. The Labute approximate surface area is 231 Å². The van der Waals surface area contributed by atoms with Crippen LogP contribution in [-0.4, -0.2) is 6.61 Å². The highest BCUT2D eigenvalue weighted by molar-refractivity contribution is 5.69. The second-order valence-electron chi connectivity index (χ2n) is 10.9. The summed E-state index contributed by atoms with van der Waals surface area (Å²) in [6, 6.07) is 0. The predicted molar refractivity (Wildman–Crippen MR) is 139 cm³/mol. The zero-order valence-corrected chi connectivity index (χ0v) is 23.2. The average Bonchev–Trinajstić information content (AvgIpc) is 2.95. The zero-order chi connectivity index (χ0) is 29.4. The minimum Gasteiger partial charge on any atom is -0.487 e. The van der Waals surface area contributed by atoms with Gasteiger partial charge in [-0.2, -0.15) is 8.78 Å². The lowest BCUT2D eigenvalue weighted by molar-refractivity contribution is 0.248. The first-order valence-corrected chi connectivity index (χ1v) is 14.5. The topological polar surface area (TPSA) is 9.23 Å². The molecule has 0 N–H and O–H groups in total. The lowest BCUT2D eigenvalue weighted by Gasteiger charge is -2.28. The maximum atomic E-state index is 15.0. The molecule has 0 radical (unpaired) electrons. The minimum absolute atomic E-state index is 0.125. The standard InChI is InChI=1S/C31H38F8O/c1-3-5-7-9-17-40-31-29(38)27(36)22(28(37)30(31)39)21-25(34)23(32)20(24(33)26(21)35)16-15-19-13-11-18(12-14-19)10-8-6-4-2/h18-19H,3-17H2,1-2H3. The highest BCUT2D eigenvalue weighted by Crippen LogP contribution is 2.41. The molecule has 0 atom stereocenters. The van der Waals surface area contributed by atoms with Gasteiger partial charge in [-0.15, -0.1) is 0 Å². The molecule has 0 aromatic heterocycles. The third-order valence-corrected chi connectivity index (χ3v) is 8.06. The number of hydrogen-bond donors (Lipinski definition) is 0. The van der Waals surface area contributed by atoms with Gasteiger partial charge < -0.3 is 4.74 Å². The molecule has 0 aliphatic heterocycles. The second-order valence-corrected chi connectivity index (χ2v) is 10.9. The van der Waals surface area contributed by atoms with Gasteiger partial charge in [0.15, 0.2) is 40.7 Å². The number of rotatable bonds is 14. The van der Waals surface area contributed by atoms with Crippen LogP contribution in [0.2, 0.25) is 0 Å². The van der Waals surface area contributed by atoms with E-state index in [4.69, 9.17) is 4.74 Å². The molecule has 0 heterocycles. The number of hydrogen-bond acceptors (Lipinski definition) is 1. The van der Waals surface area contributed by atoms with E-state index in [2.05, 4.69) is 6.92 Å². The fourth-order valence-corrected chi connectivity index (χ4v) is 5.62. The van der Waals surface area contributed by atoms with Crippen LogP contribution in [0.25, 0.3) is 11.1 Å². The fraction of sp³-hybridized carbons (Fsp3) is 0.613. The monoisotopic (exact) mass is 578 g/mol. The van der Waals surface area contributed by atoms with E-state index in [1.165, 1.54) is 6.42 Å². The highest BCUT2D eigenvalue weighted by atomic mass is 19.2. The van der Waals surface area contributed by atoms with Gasteiger partial charge >= 0.3 is 0 Å². The van der Waals surface area contributed by atoms with Crippen LogP contribution in [0.3, 0.4) is 0 Å². The SMILES string of the molecule is CCCCCCOc1c(F)c(F)c(-c2c(F)c(F)c(CCC3CCC(CCCCC)CC3)c(F)c2F)c(F)c1F. The fourth-order valence-electron chi connectivity index (χ4n) is 5.62. The molecule has 2 aromatic rings. The largest absolute Gasteiger partial charge is 0.487 e. The summed E-state index contributed by atoms with van der Waals surface area (Å²) in [5.74, 6) is -17.1. The molecule has 9 heteroatoms. The quantitative estimate of drug-likeness (QED) is 0.123. The van der Waals surface area contributed by atoms with Crippen LogP contribution in [0.1, 0.15) is 103 Å². The lowest BCUT2D eigenvalue weighted by Crippen LogP contribution is -2.16. The van der Waals surface area contributed by atoms with Crippen LogP contribution >= 0.6 is 0 Å². The maximum absolute atomic E-state index is 15.0. The van der Waals surface area contributed by atoms with Gasteiger partial charge in [0.25, 0.3) is 0 Å². The van der Waals surface area contributed by atoms with Crippen molar-refractivity contribution in [3.05, 3.63) is 52.1 Å². The molecule has 0 spiro atoms. The molecular formula is C31H38F8O. The molecule has 1 aliphatic rings. The Morgan fingerprint density at radius 1 is 0.525 bits per heavy atom. The summed E-state index contributed by atoms with van der Waals surface area (Å²) >= 11 is 0. The van der Waals surface area contributed by atoms with Crippen LogP contribution in [0, 0.1) is 58.4 Å². The van der Waals surface area contributed by atoms with Crippen molar-refractivity contribution in [2.45, 2.75) is 104 Å².